The van der Waals surface area contributed by atoms with Crippen molar-refractivity contribution in [2.24, 2.45) is 0 Å². The average Bonchev–Trinajstić information content (AvgIpc) is 3.31. The van der Waals surface area contributed by atoms with Crippen LogP contribution in [0.1, 0.15) is 219 Å². The summed E-state index contributed by atoms with van der Waals surface area (Å²) in [6, 6.07) is 0. The first-order valence-corrected chi connectivity index (χ1v) is 27.7. The van der Waals surface area contributed by atoms with Crippen LogP contribution in [0.5, 0.6) is 0 Å². The van der Waals surface area contributed by atoms with Crippen LogP contribution in [0.2, 0.25) is 0 Å². The molecule has 0 aromatic heterocycles. The van der Waals surface area contributed by atoms with E-state index in [4.69, 9.17) is 18.9 Å². The van der Waals surface area contributed by atoms with Gasteiger partial charge in [0.05, 0.1) is 40.3 Å². The summed E-state index contributed by atoms with van der Waals surface area (Å²) in [7, 11) is 5.91. The van der Waals surface area contributed by atoms with E-state index in [1.807, 2.05) is 21.1 Å². The first-order valence-electron chi connectivity index (χ1n) is 27.7. The lowest BCUT2D eigenvalue weighted by molar-refractivity contribution is -0.870. The van der Waals surface area contributed by atoms with Gasteiger partial charge in [-0.3, -0.25) is 9.59 Å². The number of esters is 2. The van der Waals surface area contributed by atoms with Gasteiger partial charge in [-0.2, -0.15) is 0 Å². The van der Waals surface area contributed by atoms with Gasteiger partial charge in [0.25, 0.3) is 0 Å². The molecular weight excluding hydrogens is 863 g/mol. The lowest BCUT2D eigenvalue weighted by Gasteiger charge is -2.26. The zero-order valence-electron chi connectivity index (χ0n) is 44.9. The minimum absolute atomic E-state index is 0.140. The zero-order chi connectivity index (χ0) is 50.6. The molecule has 0 spiro atoms. The van der Waals surface area contributed by atoms with E-state index in [0.29, 0.717) is 17.4 Å². The number of unbranched alkanes of at least 4 members (excludes halogenated alkanes) is 21. The second kappa shape index (κ2) is 50.8. The van der Waals surface area contributed by atoms with Crippen LogP contribution in [0.4, 0.5) is 0 Å². The first kappa shape index (κ1) is 65.5. The largest absolute Gasteiger partial charge is 0.545 e. The molecule has 69 heavy (non-hydrogen) atoms. The second-order valence-corrected chi connectivity index (χ2v) is 19.5. The minimum atomic E-state index is -1.63. The van der Waals surface area contributed by atoms with E-state index < -0.39 is 24.3 Å². The molecule has 0 aliphatic heterocycles. The van der Waals surface area contributed by atoms with Gasteiger partial charge in [-0.15, -0.1) is 0 Å². The highest BCUT2D eigenvalue weighted by Gasteiger charge is 2.22. The van der Waals surface area contributed by atoms with Crippen LogP contribution < -0.4 is 5.11 Å². The van der Waals surface area contributed by atoms with Crippen LogP contribution in [0.15, 0.2) is 85.1 Å². The molecule has 9 nitrogen and oxygen atoms in total. The SMILES string of the molecule is CC/C=C\C/C=C\C/C=C\C/C=C\CCCCCCCCCCC(=O)OC(COC(=O)CCCCCCCCCC/C=C\C/C=C\C/C=C\CCCCCCC)COC(OCC[N+](C)(C)C)C(=O)[O-]. The third-order valence-corrected chi connectivity index (χ3v) is 11.6. The van der Waals surface area contributed by atoms with Crippen molar-refractivity contribution in [3.63, 3.8) is 0 Å². The average molecular weight is 966 g/mol. The van der Waals surface area contributed by atoms with Gasteiger partial charge >= 0.3 is 11.9 Å². The summed E-state index contributed by atoms with van der Waals surface area (Å²) in [5.74, 6) is -2.31. The van der Waals surface area contributed by atoms with Crippen molar-refractivity contribution in [3.8, 4) is 0 Å². The monoisotopic (exact) mass is 966 g/mol. The zero-order valence-corrected chi connectivity index (χ0v) is 44.9. The van der Waals surface area contributed by atoms with E-state index in [2.05, 4.69) is 98.9 Å². The molecule has 2 unspecified atom stereocenters. The number of quaternary nitrogens is 1. The maximum Gasteiger partial charge on any atom is 0.306 e. The number of carbonyl (C=O) groups excluding carboxylic acids is 3. The Morgan fingerprint density at radius 1 is 0.449 bits per heavy atom. The van der Waals surface area contributed by atoms with Gasteiger partial charge in [-0.25, -0.2) is 0 Å². The Balaban J connectivity index is 4.33. The summed E-state index contributed by atoms with van der Waals surface area (Å²) in [5, 5.41) is 11.8. The molecule has 0 aromatic carbocycles. The first-order chi connectivity index (χ1) is 33.6. The van der Waals surface area contributed by atoms with Crippen molar-refractivity contribution in [2.45, 2.75) is 232 Å². The van der Waals surface area contributed by atoms with E-state index in [1.165, 1.54) is 89.9 Å². The van der Waals surface area contributed by atoms with E-state index in [0.717, 1.165) is 96.3 Å². The molecule has 0 saturated heterocycles. The molecule has 396 valence electrons. The number of rotatable bonds is 50. The third kappa shape index (κ3) is 52.1. The second-order valence-electron chi connectivity index (χ2n) is 19.5. The van der Waals surface area contributed by atoms with Crippen molar-refractivity contribution in [1.29, 1.82) is 0 Å². The highest BCUT2D eigenvalue weighted by Crippen LogP contribution is 2.14. The van der Waals surface area contributed by atoms with E-state index in [9.17, 15) is 19.5 Å². The molecule has 0 bridgehead atoms. The Bertz CT molecular complexity index is 1400. The lowest BCUT2D eigenvalue weighted by atomic mass is 10.1. The molecule has 0 radical (unpaired) electrons. The van der Waals surface area contributed by atoms with Gasteiger partial charge in [-0.1, -0.05) is 202 Å². The quantitative estimate of drug-likeness (QED) is 0.0195. The van der Waals surface area contributed by atoms with Crippen LogP contribution >= 0.6 is 0 Å². The van der Waals surface area contributed by atoms with Crippen LogP contribution in [0, 0.1) is 0 Å². The Morgan fingerprint density at radius 2 is 0.826 bits per heavy atom. The maximum absolute atomic E-state index is 12.8. The number of carboxylic acids is 1. The highest BCUT2D eigenvalue weighted by atomic mass is 16.7. The number of ether oxygens (including phenoxy) is 4. The Labute approximate surface area is 423 Å². The lowest BCUT2D eigenvalue weighted by Crippen LogP contribution is -2.44. The highest BCUT2D eigenvalue weighted by molar-refractivity contribution is 5.70. The fourth-order valence-electron chi connectivity index (χ4n) is 7.36. The fraction of sp³-hybridized carbons (Fsp3) is 0.717. The number of hydrogen-bond donors (Lipinski definition) is 0. The predicted octanol–water partition coefficient (Wildman–Crippen LogP) is 14.7. The van der Waals surface area contributed by atoms with E-state index in [1.54, 1.807) is 0 Å². The van der Waals surface area contributed by atoms with Gasteiger partial charge in [0.2, 0.25) is 0 Å². The van der Waals surface area contributed by atoms with Gasteiger partial charge in [0.15, 0.2) is 12.4 Å². The molecule has 0 heterocycles. The number of carbonyl (C=O) groups is 3. The third-order valence-electron chi connectivity index (χ3n) is 11.6. The van der Waals surface area contributed by atoms with Crippen LogP contribution in [0.25, 0.3) is 0 Å². The summed E-state index contributed by atoms with van der Waals surface area (Å²) in [6.45, 7) is 4.60. The van der Waals surface area contributed by atoms with Crippen LogP contribution in [-0.2, 0) is 33.3 Å². The molecule has 0 rings (SSSR count). The number of aliphatic carboxylic acids is 1. The molecule has 0 aliphatic carbocycles. The number of likely N-dealkylation sites (N-methyl/N-ethyl adjacent to an activating group) is 1. The van der Waals surface area contributed by atoms with Crippen molar-refractivity contribution in [3.05, 3.63) is 85.1 Å². The van der Waals surface area contributed by atoms with E-state index in [-0.39, 0.29) is 38.6 Å². The van der Waals surface area contributed by atoms with Gasteiger partial charge < -0.3 is 33.3 Å². The minimum Gasteiger partial charge on any atom is -0.545 e. The Hall–Kier alpha value is -3.53. The van der Waals surface area contributed by atoms with Crippen molar-refractivity contribution >= 4 is 17.9 Å². The smallest absolute Gasteiger partial charge is 0.306 e. The number of carboxylic acid groups (broad SMARTS) is 1. The Morgan fingerprint density at radius 3 is 1.23 bits per heavy atom. The molecular formula is C60H103NO8. The predicted molar refractivity (Wildman–Crippen MR) is 288 cm³/mol. The fourth-order valence-corrected chi connectivity index (χ4v) is 7.36. The van der Waals surface area contributed by atoms with Gasteiger partial charge in [0, 0.05) is 12.8 Å². The molecule has 0 saturated carbocycles. The summed E-state index contributed by atoms with van der Waals surface area (Å²) in [5.41, 5.74) is 0. The van der Waals surface area contributed by atoms with Crippen LogP contribution in [-0.4, -0.2) is 82.3 Å². The molecule has 9 heteroatoms. The molecule has 0 fully saturated rings. The van der Waals surface area contributed by atoms with Gasteiger partial charge in [-0.05, 0) is 89.9 Å². The Kier molecular flexibility index (Phi) is 48.2. The number of allylic oxidation sites excluding steroid dienone is 14. The standard InChI is InChI=1S/C60H103NO8/c1-6-8-10-12-14-16-18-20-22-24-26-28-29-31-32-34-36-38-40-42-44-46-48-50-57(62)67-54-56(55-68-60(59(64)65)66-53-52-61(3,4)5)69-58(63)51-49-47-45-43-41-39-37-35-33-30-27-25-23-21-19-17-15-13-11-9-7-2/h9,11,15,17-18,20-21,23-24,26-27,29-31,56,60H,6-8,10,12-14,16,19,22,25,28,32-55H2,1-5H3/b11-9-,17-15-,20-18-,23-21-,26-24-,30-27-,31-29-. The van der Waals surface area contributed by atoms with E-state index >= 15 is 0 Å². The topological polar surface area (TPSA) is 111 Å². The summed E-state index contributed by atoms with van der Waals surface area (Å²) in [4.78, 5) is 37.3. The summed E-state index contributed by atoms with van der Waals surface area (Å²) < 4.78 is 22.7. The number of nitrogens with zero attached hydrogens (tertiary/aromatic N) is 1. The van der Waals surface area contributed by atoms with Crippen molar-refractivity contribution in [1.82, 2.24) is 0 Å². The van der Waals surface area contributed by atoms with Crippen LogP contribution in [0.3, 0.4) is 0 Å². The molecule has 0 aliphatic rings. The van der Waals surface area contributed by atoms with Crippen molar-refractivity contribution < 1.29 is 42.9 Å². The summed E-state index contributed by atoms with van der Waals surface area (Å²) >= 11 is 0. The van der Waals surface area contributed by atoms with Crippen molar-refractivity contribution in [2.75, 3.05) is 47.5 Å². The molecule has 2 atom stereocenters. The summed E-state index contributed by atoms with van der Waals surface area (Å²) in [6.07, 6.45) is 63.3. The molecule has 0 aromatic rings. The normalized spacial score (nSPS) is 13.5. The maximum atomic E-state index is 12.8. The molecule has 0 N–H and O–H groups in total. The van der Waals surface area contributed by atoms with Gasteiger partial charge in [0.1, 0.15) is 13.2 Å². The number of hydrogen-bond acceptors (Lipinski definition) is 8. The molecule has 0 amide bonds.